The topological polar surface area (TPSA) is 57.7 Å². The Morgan fingerprint density at radius 1 is 1.20 bits per heavy atom. The molecule has 30 heavy (non-hydrogen) atoms. The molecule has 1 aromatic carbocycles. The molecule has 2 aliphatic rings. The maximum Gasteiger partial charge on any atom is 0.275 e. The summed E-state index contributed by atoms with van der Waals surface area (Å²) in [7, 11) is 0. The summed E-state index contributed by atoms with van der Waals surface area (Å²) in [5.41, 5.74) is 2.39. The van der Waals surface area contributed by atoms with Crippen LogP contribution in [0.1, 0.15) is 35.3 Å². The number of carbonyl (C=O) groups is 1. The van der Waals surface area contributed by atoms with E-state index in [4.69, 9.17) is 4.74 Å². The molecule has 1 amide bonds. The van der Waals surface area contributed by atoms with Crippen LogP contribution in [0.4, 0.5) is 15.8 Å². The smallest absolute Gasteiger partial charge is 0.275 e. The number of carbonyl (C=O) groups excluding carboxylic acids is 1. The van der Waals surface area contributed by atoms with Gasteiger partial charge in [0, 0.05) is 38.1 Å². The molecule has 4 rings (SSSR count). The number of nitrogens with zero attached hydrogens (tertiary/aromatic N) is 3. The molecule has 2 aliphatic heterocycles. The van der Waals surface area contributed by atoms with E-state index >= 15 is 4.39 Å². The standard InChI is InChI=1S/C21H26BrFN4O2S/c22-21-25-18(14-30-21)20(28)24-17-12-15(4-7-26-8-10-29-11-9-26)16(23)13-19(17)27-5-2-1-3-6-27/h12-14H,1-11H2,(H,24,28). The second-order valence-electron chi connectivity index (χ2n) is 7.65. The number of hydrogen-bond donors (Lipinski definition) is 1. The molecule has 0 radical (unpaired) electrons. The molecule has 9 heteroatoms. The number of nitrogens with one attached hydrogen (secondary N) is 1. The lowest BCUT2D eigenvalue weighted by Gasteiger charge is -2.31. The summed E-state index contributed by atoms with van der Waals surface area (Å²) in [5.74, 6) is -0.487. The first-order valence-electron chi connectivity index (χ1n) is 10.4. The number of morpholine rings is 1. The van der Waals surface area contributed by atoms with Crippen molar-refractivity contribution in [1.82, 2.24) is 9.88 Å². The molecule has 2 aromatic rings. The van der Waals surface area contributed by atoms with Gasteiger partial charge in [-0.05, 0) is 59.3 Å². The second kappa shape index (κ2) is 10.2. The van der Waals surface area contributed by atoms with Gasteiger partial charge in [0.2, 0.25) is 0 Å². The minimum Gasteiger partial charge on any atom is -0.379 e. The van der Waals surface area contributed by atoms with Crippen LogP contribution in [0.3, 0.4) is 0 Å². The third kappa shape index (κ3) is 5.38. The summed E-state index contributed by atoms with van der Waals surface area (Å²) >= 11 is 4.66. The van der Waals surface area contributed by atoms with E-state index in [1.165, 1.54) is 17.8 Å². The Labute approximate surface area is 188 Å². The number of anilines is 2. The molecule has 2 saturated heterocycles. The Bertz CT molecular complexity index is 882. The lowest BCUT2D eigenvalue weighted by Crippen LogP contribution is -2.37. The predicted octanol–water partition coefficient (Wildman–Crippen LogP) is 4.16. The highest BCUT2D eigenvalue weighted by molar-refractivity contribution is 9.11. The molecule has 3 heterocycles. The van der Waals surface area contributed by atoms with E-state index in [0.29, 0.717) is 27.3 Å². The summed E-state index contributed by atoms with van der Waals surface area (Å²) in [6.07, 6.45) is 3.93. The van der Waals surface area contributed by atoms with Crippen LogP contribution >= 0.6 is 27.3 Å². The molecule has 0 bridgehead atoms. The van der Waals surface area contributed by atoms with Crippen LogP contribution < -0.4 is 10.2 Å². The van der Waals surface area contributed by atoms with Gasteiger partial charge in [-0.1, -0.05) is 0 Å². The number of amides is 1. The normalized spacial score (nSPS) is 17.9. The summed E-state index contributed by atoms with van der Waals surface area (Å²) in [6, 6.07) is 3.39. The van der Waals surface area contributed by atoms with Gasteiger partial charge in [0.1, 0.15) is 11.5 Å². The van der Waals surface area contributed by atoms with Crippen LogP contribution in [0.15, 0.2) is 21.4 Å². The number of thiazole rings is 1. The average molecular weight is 497 g/mol. The van der Waals surface area contributed by atoms with Crippen molar-refractivity contribution in [2.45, 2.75) is 25.7 Å². The molecule has 1 aromatic heterocycles. The molecule has 0 unspecified atom stereocenters. The van der Waals surface area contributed by atoms with Crippen molar-refractivity contribution in [3.63, 3.8) is 0 Å². The Kier molecular flexibility index (Phi) is 7.35. The molecule has 162 valence electrons. The van der Waals surface area contributed by atoms with E-state index in [1.54, 1.807) is 17.5 Å². The number of rotatable bonds is 6. The zero-order valence-electron chi connectivity index (χ0n) is 16.8. The van der Waals surface area contributed by atoms with E-state index in [9.17, 15) is 4.79 Å². The predicted molar refractivity (Wildman–Crippen MR) is 121 cm³/mol. The third-order valence-electron chi connectivity index (χ3n) is 5.62. The van der Waals surface area contributed by atoms with E-state index in [0.717, 1.165) is 64.5 Å². The van der Waals surface area contributed by atoms with Gasteiger partial charge >= 0.3 is 0 Å². The fraction of sp³-hybridized carbons (Fsp3) is 0.524. The first-order chi connectivity index (χ1) is 14.6. The number of halogens is 2. The van der Waals surface area contributed by atoms with Gasteiger partial charge in [0.15, 0.2) is 3.92 Å². The number of benzene rings is 1. The van der Waals surface area contributed by atoms with Crippen molar-refractivity contribution in [2.24, 2.45) is 0 Å². The zero-order chi connectivity index (χ0) is 20.9. The van der Waals surface area contributed by atoms with Crippen LogP contribution in [0.25, 0.3) is 0 Å². The minimum absolute atomic E-state index is 0.210. The number of hydrogen-bond acceptors (Lipinski definition) is 6. The second-order valence-corrected chi connectivity index (χ2v) is 9.79. The zero-order valence-corrected chi connectivity index (χ0v) is 19.2. The van der Waals surface area contributed by atoms with Crippen molar-refractivity contribution in [3.8, 4) is 0 Å². The maximum atomic E-state index is 15.0. The summed E-state index contributed by atoms with van der Waals surface area (Å²) in [4.78, 5) is 21.4. The number of aromatic nitrogens is 1. The third-order valence-corrected chi connectivity index (χ3v) is 6.98. The van der Waals surface area contributed by atoms with Gasteiger partial charge in [0.25, 0.3) is 5.91 Å². The van der Waals surface area contributed by atoms with Crippen LogP contribution in [0.2, 0.25) is 0 Å². The van der Waals surface area contributed by atoms with Crippen molar-refractivity contribution in [2.75, 3.05) is 56.2 Å². The van der Waals surface area contributed by atoms with E-state index < -0.39 is 0 Å². The lowest BCUT2D eigenvalue weighted by molar-refractivity contribution is 0.0383. The van der Waals surface area contributed by atoms with Gasteiger partial charge in [-0.3, -0.25) is 9.69 Å². The highest BCUT2D eigenvalue weighted by atomic mass is 79.9. The molecule has 0 atom stereocenters. The Hall–Kier alpha value is -1.55. The monoisotopic (exact) mass is 496 g/mol. The van der Waals surface area contributed by atoms with Crippen molar-refractivity contribution < 1.29 is 13.9 Å². The average Bonchev–Trinajstić information content (AvgIpc) is 3.21. The first kappa shape index (κ1) is 21.7. The van der Waals surface area contributed by atoms with Crippen LogP contribution in [0, 0.1) is 5.82 Å². The van der Waals surface area contributed by atoms with Gasteiger partial charge < -0.3 is 15.0 Å². The Morgan fingerprint density at radius 2 is 1.97 bits per heavy atom. The molecule has 0 saturated carbocycles. The lowest BCUT2D eigenvalue weighted by atomic mass is 10.0. The Morgan fingerprint density at radius 3 is 2.67 bits per heavy atom. The summed E-state index contributed by atoms with van der Waals surface area (Å²) in [5, 5.41) is 4.70. The number of ether oxygens (including phenoxy) is 1. The van der Waals surface area contributed by atoms with Crippen LogP contribution in [-0.2, 0) is 11.2 Å². The van der Waals surface area contributed by atoms with Crippen molar-refractivity contribution in [3.05, 3.63) is 38.5 Å². The molecule has 0 spiro atoms. The molecule has 1 N–H and O–H groups in total. The molecule has 2 fully saturated rings. The van der Waals surface area contributed by atoms with Crippen LogP contribution in [-0.4, -0.2) is 61.7 Å². The van der Waals surface area contributed by atoms with Gasteiger partial charge in [0.05, 0.1) is 24.6 Å². The van der Waals surface area contributed by atoms with Crippen molar-refractivity contribution in [1.29, 1.82) is 0 Å². The van der Waals surface area contributed by atoms with E-state index in [-0.39, 0.29) is 11.7 Å². The summed E-state index contributed by atoms with van der Waals surface area (Å²) < 4.78 is 21.1. The Balaban J connectivity index is 1.56. The summed E-state index contributed by atoms with van der Waals surface area (Å²) in [6.45, 7) is 5.71. The number of piperidine rings is 1. The highest BCUT2D eigenvalue weighted by Crippen LogP contribution is 2.32. The van der Waals surface area contributed by atoms with Crippen LogP contribution in [0.5, 0.6) is 0 Å². The largest absolute Gasteiger partial charge is 0.379 e. The van der Waals surface area contributed by atoms with E-state index in [1.807, 2.05) is 0 Å². The fourth-order valence-electron chi connectivity index (χ4n) is 3.94. The first-order valence-corrected chi connectivity index (χ1v) is 12.1. The quantitative estimate of drug-likeness (QED) is 0.650. The maximum absolute atomic E-state index is 15.0. The van der Waals surface area contributed by atoms with E-state index in [2.05, 4.69) is 36.0 Å². The van der Waals surface area contributed by atoms with Gasteiger partial charge in [-0.25, -0.2) is 9.37 Å². The van der Waals surface area contributed by atoms with Gasteiger partial charge in [-0.2, -0.15) is 0 Å². The SMILES string of the molecule is O=C(Nc1cc(CCN2CCOCC2)c(F)cc1N1CCCCC1)c1csc(Br)n1. The van der Waals surface area contributed by atoms with Gasteiger partial charge in [-0.15, -0.1) is 11.3 Å². The minimum atomic E-state index is -0.277. The molecular weight excluding hydrogens is 471 g/mol. The fourth-order valence-corrected chi connectivity index (χ4v) is 4.93. The highest BCUT2D eigenvalue weighted by Gasteiger charge is 2.21. The molecule has 6 nitrogen and oxygen atoms in total. The molecule has 0 aliphatic carbocycles. The van der Waals surface area contributed by atoms with Crippen molar-refractivity contribution >= 4 is 44.5 Å². The molecular formula is C21H26BrFN4O2S.